The molecule has 1 aliphatic rings. The summed E-state index contributed by atoms with van der Waals surface area (Å²) in [6.45, 7) is 4.45. The average molecular weight is 555 g/mol. The molecule has 2 heterocycles. The zero-order valence-corrected chi connectivity index (χ0v) is 23.4. The summed E-state index contributed by atoms with van der Waals surface area (Å²) < 4.78 is 11.6. The van der Waals surface area contributed by atoms with Crippen LogP contribution in [0.2, 0.25) is 0 Å². The molecule has 1 amide bonds. The number of benzene rings is 3. The summed E-state index contributed by atoms with van der Waals surface area (Å²) in [6.07, 6.45) is 0.657. The van der Waals surface area contributed by atoms with Crippen LogP contribution in [0.3, 0.4) is 0 Å². The minimum atomic E-state index is -0.779. The van der Waals surface area contributed by atoms with Crippen LogP contribution in [0.1, 0.15) is 45.9 Å². The number of nitrogens with zero attached hydrogens (tertiary/aromatic N) is 2. The molecule has 0 saturated heterocycles. The number of aryl methyl sites for hydroxylation is 1. The van der Waals surface area contributed by atoms with Gasteiger partial charge in [-0.1, -0.05) is 73.7 Å². The van der Waals surface area contributed by atoms with Gasteiger partial charge < -0.3 is 19.5 Å². The molecule has 0 radical (unpaired) electrons. The SMILES string of the molecule is CCCN1C(=O)C(O)=C(C(=O)c2sc(-c3ccccc3)nc2C)C1c1ccc(OCc2ccccc2)c(OC)c1. The lowest BCUT2D eigenvalue weighted by molar-refractivity contribution is -0.129. The van der Waals surface area contributed by atoms with Crippen molar-refractivity contribution in [3.05, 3.63) is 112 Å². The Balaban J connectivity index is 1.51. The number of Topliss-reactive ketones (excluding diaryl/α,β-unsaturated/α-hetero) is 1. The first kappa shape index (κ1) is 27.1. The van der Waals surface area contributed by atoms with E-state index in [4.69, 9.17) is 9.47 Å². The minimum absolute atomic E-state index is 0.0461. The first-order valence-electron chi connectivity index (χ1n) is 13.1. The Bertz CT molecular complexity index is 1560. The molecule has 1 aliphatic heterocycles. The second kappa shape index (κ2) is 11.8. The van der Waals surface area contributed by atoms with Gasteiger partial charge in [-0.2, -0.15) is 0 Å². The lowest BCUT2D eigenvalue weighted by Gasteiger charge is -2.27. The maximum absolute atomic E-state index is 14.0. The number of hydrogen-bond donors (Lipinski definition) is 1. The Morgan fingerprint density at radius 3 is 2.40 bits per heavy atom. The molecular formula is C32H30N2O5S. The molecule has 40 heavy (non-hydrogen) atoms. The molecule has 1 aromatic heterocycles. The molecular weight excluding hydrogens is 524 g/mol. The summed E-state index contributed by atoms with van der Waals surface area (Å²) in [7, 11) is 1.54. The first-order valence-corrected chi connectivity index (χ1v) is 13.9. The number of amides is 1. The first-order chi connectivity index (χ1) is 19.4. The number of carbonyl (C=O) groups excluding carboxylic acids is 2. The Morgan fingerprint density at radius 2 is 1.73 bits per heavy atom. The largest absolute Gasteiger partial charge is 0.503 e. The molecule has 0 saturated carbocycles. The lowest BCUT2D eigenvalue weighted by atomic mass is 9.94. The summed E-state index contributed by atoms with van der Waals surface area (Å²) in [5, 5.41) is 11.7. The Morgan fingerprint density at radius 1 is 1.02 bits per heavy atom. The molecule has 4 aromatic rings. The fraction of sp³-hybridized carbons (Fsp3) is 0.219. The maximum atomic E-state index is 14.0. The number of rotatable bonds is 10. The number of ether oxygens (including phenoxy) is 2. The Kier molecular flexibility index (Phi) is 7.98. The van der Waals surface area contributed by atoms with Crippen molar-refractivity contribution in [2.45, 2.75) is 32.9 Å². The highest BCUT2D eigenvalue weighted by molar-refractivity contribution is 7.17. The van der Waals surface area contributed by atoms with Gasteiger partial charge in [0.25, 0.3) is 5.91 Å². The number of hydrogen-bond acceptors (Lipinski definition) is 7. The van der Waals surface area contributed by atoms with Crippen molar-refractivity contribution >= 4 is 23.0 Å². The fourth-order valence-electron chi connectivity index (χ4n) is 4.85. The molecule has 0 bridgehead atoms. The van der Waals surface area contributed by atoms with Crippen molar-refractivity contribution in [3.63, 3.8) is 0 Å². The monoisotopic (exact) mass is 554 g/mol. The molecule has 0 spiro atoms. The van der Waals surface area contributed by atoms with Crippen LogP contribution in [-0.4, -0.2) is 40.3 Å². The van der Waals surface area contributed by atoms with Crippen LogP contribution >= 0.6 is 11.3 Å². The summed E-state index contributed by atoms with van der Waals surface area (Å²) in [6, 6.07) is 24.0. The zero-order valence-electron chi connectivity index (χ0n) is 22.6. The van der Waals surface area contributed by atoms with E-state index in [0.717, 1.165) is 11.1 Å². The van der Waals surface area contributed by atoms with Crippen molar-refractivity contribution in [2.24, 2.45) is 0 Å². The number of methoxy groups -OCH3 is 1. The summed E-state index contributed by atoms with van der Waals surface area (Å²) in [5.74, 6) is -0.496. The molecule has 3 aromatic carbocycles. The fourth-order valence-corrected chi connectivity index (χ4v) is 5.87. The van der Waals surface area contributed by atoms with E-state index in [1.54, 1.807) is 26.2 Å². The Hall–Kier alpha value is -4.43. The van der Waals surface area contributed by atoms with Crippen LogP contribution in [0.15, 0.2) is 90.2 Å². The molecule has 1 atom stereocenters. The van der Waals surface area contributed by atoms with Crippen molar-refractivity contribution in [3.8, 4) is 22.1 Å². The molecule has 0 aliphatic carbocycles. The van der Waals surface area contributed by atoms with Gasteiger partial charge in [0.2, 0.25) is 5.78 Å². The van der Waals surface area contributed by atoms with Crippen LogP contribution < -0.4 is 9.47 Å². The van der Waals surface area contributed by atoms with Gasteiger partial charge in [-0.15, -0.1) is 11.3 Å². The number of ketones is 1. The number of thiazole rings is 1. The quantitative estimate of drug-likeness (QED) is 0.220. The molecule has 1 unspecified atom stereocenters. The highest BCUT2D eigenvalue weighted by Gasteiger charge is 2.44. The minimum Gasteiger partial charge on any atom is -0.503 e. The third-order valence-corrected chi connectivity index (χ3v) is 7.98. The summed E-state index contributed by atoms with van der Waals surface area (Å²) in [4.78, 5) is 33.8. The van der Waals surface area contributed by atoms with E-state index in [1.165, 1.54) is 16.2 Å². The summed E-state index contributed by atoms with van der Waals surface area (Å²) in [5.41, 5.74) is 3.15. The van der Waals surface area contributed by atoms with E-state index in [1.807, 2.05) is 73.7 Å². The molecule has 204 valence electrons. The van der Waals surface area contributed by atoms with E-state index in [9.17, 15) is 14.7 Å². The van der Waals surface area contributed by atoms with Crippen LogP contribution in [-0.2, 0) is 11.4 Å². The average Bonchev–Trinajstić information content (AvgIpc) is 3.50. The van der Waals surface area contributed by atoms with E-state index >= 15 is 0 Å². The third-order valence-electron chi connectivity index (χ3n) is 6.78. The normalized spacial score (nSPS) is 15.0. The van der Waals surface area contributed by atoms with Crippen molar-refractivity contribution in [1.29, 1.82) is 0 Å². The van der Waals surface area contributed by atoms with Gasteiger partial charge in [-0.3, -0.25) is 9.59 Å². The van der Waals surface area contributed by atoms with Gasteiger partial charge in [0.1, 0.15) is 11.6 Å². The second-order valence-electron chi connectivity index (χ2n) is 9.48. The third kappa shape index (κ3) is 5.22. The van der Waals surface area contributed by atoms with Crippen LogP contribution in [0.4, 0.5) is 0 Å². The van der Waals surface area contributed by atoms with E-state index in [0.29, 0.717) is 52.2 Å². The van der Waals surface area contributed by atoms with Gasteiger partial charge in [0, 0.05) is 12.1 Å². The topological polar surface area (TPSA) is 89.0 Å². The molecule has 1 N–H and O–H groups in total. The van der Waals surface area contributed by atoms with Crippen molar-refractivity contribution in [1.82, 2.24) is 9.88 Å². The van der Waals surface area contributed by atoms with Crippen LogP contribution in [0.25, 0.3) is 10.6 Å². The second-order valence-corrected chi connectivity index (χ2v) is 10.5. The predicted octanol–water partition coefficient (Wildman–Crippen LogP) is 6.69. The number of aromatic nitrogens is 1. The zero-order chi connectivity index (χ0) is 28.2. The van der Waals surface area contributed by atoms with Crippen molar-refractivity contribution in [2.75, 3.05) is 13.7 Å². The van der Waals surface area contributed by atoms with Crippen LogP contribution in [0.5, 0.6) is 11.5 Å². The highest BCUT2D eigenvalue weighted by Crippen LogP contribution is 2.43. The van der Waals surface area contributed by atoms with E-state index < -0.39 is 23.5 Å². The maximum Gasteiger partial charge on any atom is 0.290 e. The number of carbonyl (C=O) groups is 2. The Labute approximate surface area is 237 Å². The highest BCUT2D eigenvalue weighted by atomic mass is 32.1. The number of aliphatic hydroxyl groups excluding tert-OH is 1. The lowest BCUT2D eigenvalue weighted by Crippen LogP contribution is -2.31. The standard InChI is InChI=1S/C32H30N2O5S/c1-4-17-34-27(23-15-16-24(25(18-23)38-3)39-19-21-11-7-5-8-12-21)26(29(36)32(34)37)28(35)30-20(2)33-31(40-30)22-13-9-6-10-14-22/h5-16,18,27,36H,4,17,19H2,1-3H3. The van der Waals surface area contributed by atoms with Crippen LogP contribution in [0, 0.1) is 6.92 Å². The molecule has 0 fully saturated rings. The molecule has 7 nitrogen and oxygen atoms in total. The van der Waals surface area contributed by atoms with Gasteiger partial charge in [0.15, 0.2) is 17.3 Å². The summed E-state index contributed by atoms with van der Waals surface area (Å²) >= 11 is 1.26. The number of aliphatic hydroxyl groups is 1. The van der Waals surface area contributed by atoms with Crippen molar-refractivity contribution < 1.29 is 24.2 Å². The molecule has 8 heteroatoms. The van der Waals surface area contributed by atoms with Gasteiger partial charge >= 0.3 is 0 Å². The molecule has 5 rings (SSSR count). The van der Waals surface area contributed by atoms with Gasteiger partial charge in [0.05, 0.1) is 29.3 Å². The van der Waals surface area contributed by atoms with E-state index in [-0.39, 0.29) is 5.57 Å². The predicted molar refractivity (Wildman–Crippen MR) is 155 cm³/mol. The van der Waals surface area contributed by atoms with Gasteiger partial charge in [-0.25, -0.2) is 4.98 Å². The smallest absolute Gasteiger partial charge is 0.290 e. The van der Waals surface area contributed by atoms with E-state index in [2.05, 4.69) is 4.98 Å². The van der Waals surface area contributed by atoms with Gasteiger partial charge in [-0.05, 0) is 36.6 Å².